The molecule has 1 aliphatic carbocycles. The van der Waals surface area contributed by atoms with Crippen LogP contribution in [0.3, 0.4) is 0 Å². The molecule has 1 atom stereocenters. The van der Waals surface area contributed by atoms with E-state index in [0.717, 1.165) is 24.3 Å². The molecule has 0 aliphatic heterocycles. The fourth-order valence-corrected chi connectivity index (χ4v) is 1.64. The molecule has 1 amide bonds. The largest absolute Gasteiger partial charge is 0.497 e. The van der Waals surface area contributed by atoms with Crippen molar-refractivity contribution >= 4 is 5.91 Å². The molecule has 0 radical (unpaired) electrons. The van der Waals surface area contributed by atoms with Gasteiger partial charge in [0.05, 0.1) is 13.2 Å². The maximum atomic E-state index is 11.5. The first-order valence-electron chi connectivity index (χ1n) is 6.26. The summed E-state index contributed by atoms with van der Waals surface area (Å²) in [4.78, 5) is 11.5. The Balaban J connectivity index is 1.73. The van der Waals surface area contributed by atoms with E-state index in [2.05, 4.69) is 5.32 Å². The molecule has 1 saturated carbocycles. The van der Waals surface area contributed by atoms with Crippen LogP contribution < -0.4 is 14.8 Å². The summed E-state index contributed by atoms with van der Waals surface area (Å²) in [6.45, 7) is 2.43. The van der Waals surface area contributed by atoms with E-state index in [9.17, 15) is 4.79 Å². The third kappa shape index (κ3) is 3.65. The van der Waals surface area contributed by atoms with Gasteiger partial charge in [-0.2, -0.15) is 0 Å². The Kier molecular flexibility index (Phi) is 4.07. The molecule has 2 rings (SSSR count). The lowest BCUT2D eigenvalue weighted by molar-refractivity contribution is -0.123. The fraction of sp³-hybridized carbons (Fsp3) is 0.500. The highest BCUT2D eigenvalue weighted by Crippen LogP contribution is 2.28. The van der Waals surface area contributed by atoms with Crippen LogP contribution in [-0.4, -0.2) is 25.7 Å². The Bertz CT molecular complexity index is 398. The van der Waals surface area contributed by atoms with Crippen molar-refractivity contribution in [3.05, 3.63) is 24.3 Å². The van der Waals surface area contributed by atoms with Gasteiger partial charge in [0.15, 0.2) is 0 Å². The fourth-order valence-electron chi connectivity index (χ4n) is 1.64. The van der Waals surface area contributed by atoms with Crippen LogP contribution in [0.15, 0.2) is 24.3 Å². The maximum Gasteiger partial charge on any atom is 0.223 e. The highest BCUT2D eigenvalue weighted by molar-refractivity contribution is 5.81. The van der Waals surface area contributed by atoms with Crippen molar-refractivity contribution in [1.82, 2.24) is 5.32 Å². The number of carbonyl (C=O) groups excluding carboxylic acids is 1. The Morgan fingerprint density at radius 2 is 1.94 bits per heavy atom. The second kappa shape index (κ2) is 5.76. The van der Waals surface area contributed by atoms with Crippen molar-refractivity contribution in [2.75, 3.05) is 13.7 Å². The minimum absolute atomic E-state index is 0.0280. The number of hydrogen-bond acceptors (Lipinski definition) is 3. The van der Waals surface area contributed by atoms with Crippen molar-refractivity contribution in [2.24, 2.45) is 5.92 Å². The number of carbonyl (C=O) groups is 1. The van der Waals surface area contributed by atoms with Crippen molar-refractivity contribution in [2.45, 2.75) is 25.8 Å². The SMILES string of the molecule is COc1ccc(OC[C@H](C)NC(=O)C2CC2)cc1. The molecule has 0 aromatic heterocycles. The first-order valence-corrected chi connectivity index (χ1v) is 6.26. The van der Waals surface area contributed by atoms with Gasteiger partial charge >= 0.3 is 0 Å². The lowest BCUT2D eigenvalue weighted by Crippen LogP contribution is -2.37. The standard InChI is InChI=1S/C14H19NO3/c1-10(15-14(16)11-3-4-11)9-18-13-7-5-12(17-2)6-8-13/h5-8,10-11H,3-4,9H2,1-2H3,(H,15,16)/t10-/m0/s1. The highest BCUT2D eigenvalue weighted by atomic mass is 16.5. The third-order valence-electron chi connectivity index (χ3n) is 2.90. The Labute approximate surface area is 107 Å². The first kappa shape index (κ1) is 12.7. The minimum atomic E-state index is 0.0280. The van der Waals surface area contributed by atoms with E-state index in [1.807, 2.05) is 31.2 Å². The number of benzene rings is 1. The van der Waals surface area contributed by atoms with E-state index in [-0.39, 0.29) is 17.9 Å². The molecule has 0 heterocycles. The molecular weight excluding hydrogens is 230 g/mol. The van der Waals surface area contributed by atoms with Crippen LogP contribution >= 0.6 is 0 Å². The van der Waals surface area contributed by atoms with E-state index in [1.165, 1.54) is 0 Å². The maximum absolute atomic E-state index is 11.5. The molecule has 4 nitrogen and oxygen atoms in total. The van der Waals surface area contributed by atoms with Gasteiger partial charge in [-0.05, 0) is 44.0 Å². The van der Waals surface area contributed by atoms with Crippen molar-refractivity contribution in [3.8, 4) is 11.5 Å². The summed E-state index contributed by atoms with van der Waals surface area (Å²) in [5, 5.41) is 2.95. The molecule has 4 heteroatoms. The summed E-state index contributed by atoms with van der Waals surface area (Å²) in [6.07, 6.45) is 2.05. The first-order chi connectivity index (χ1) is 8.69. The van der Waals surface area contributed by atoms with Gasteiger partial charge in [0, 0.05) is 5.92 Å². The number of methoxy groups -OCH3 is 1. The second-order valence-corrected chi connectivity index (χ2v) is 4.67. The Morgan fingerprint density at radius 3 is 2.50 bits per heavy atom. The monoisotopic (exact) mass is 249 g/mol. The summed E-state index contributed by atoms with van der Waals surface area (Å²) in [5.41, 5.74) is 0. The zero-order chi connectivity index (χ0) is 13.0. The number of amides is 1. The molecule has 0 spiro atoms. The van der Waals surface area contributed by atoms with Crippen LogP contribution in [0.5, 0.6) is 11.5 Å². The lowest BCUT2D eigenvalue weighted by Gasteiger charge is -2.15. The van der Waals surface area contributed by atoms with Crippen molar-refractivity contribution < 1.29 is 14.3 Å². The molecule has 1 aromatic carbocycles. The van der Waals surface area contributed by atoms with E-state index in [1.54, 1.807) is 7.11 Å². The van der Waals surface area contributed by atoms with Gasteiger partial charge in [0.2, 0.25) is 5.91 Å². The van der Waals surface area contributed by atoms with E-state index in [0.29, 0.717) is 6.61 Å². The van der Waals surface area contributed by atoms with Gasteiger partial charge in [-0.15, -0.1) is 0 Å². The topological polar surface area (TPSA) is 47.6 Å². The normalized spacial score (nSPS) is 15.9. The van der Waals surface area contributed by atoms with Crippen LogP contribution in [0.25, 0.3) is 0 Å². The van der Waals surface area contributed by atoms with Crippen LogP contribution in [0, 0.1) is 5.92 Å². The molecule has 1 fully saturated rings. The van der Waals surface area contributed by atoms with Gasteiger partial charge in [0.1, 0.15) is 18.1 Å². The van der Waals surface area contributed by atoms with Crippen LogP contribution in [0.1, 0.15) is 19.8 Å². The molecule has 0 saturated heterocycles. The van der Waals surface area contributed by atoms with Gasteiger partial charge < -0.3 is 14.8 Å². The van der Waals surface area contributed by atoms with Crippen LogP contribution in [0.2, 0.25) is 0 Å². The summed E-state index contributed by atoms with van der Waals surface area (Å²) >= 11 is 0. The predicted octanol–water partition coefficient (Wildman–Crippen LogP) is 1.99. The summed E-state index contributed by atoms with van der Waals surface area (Å²) in [7, 11) is 1.63. The molecule has 0 unspecified atom stereocenters. The van der Waals surface area contributed by atoms with Crippen LogP contribution in [-0.2, 0) is 4.79 Å². The number of ether oxygens (including phenoxy) is 2. The van der Waals surface area contributed by atoms with E-state index >= 15 is 0 Å². The van der Waals surface area contributed by atoms with Gasteiger partial charge in [0.25, 0.3) is 0 Å². The number of rotatable bonds is 6. The molecule has 18 heavy (non-hydrogen) atoms. The molecule has 1 N–H and O–H groups in total. The summed E-state index contributed by atoms with van der Waals surface area (Å²) in [6, 6.07) is 7.44. The third-order valence-corrected chi connectivity index (χ3v) is 2.90. The molecule has 1 aliphatic rings. The molecular formula is C14H19NO3. The minimum Gasteiger partial charge on any atom is -0.497 e. The average molecular weight is 249 g/mol. The predicted molar refractivity (Wildman–Crippen MR) is 68.8 cm³/mol. The molecule has 98 valence electrons. The molecule has 0 bridgehead atoms. The smallest absolute Gasteiger partial charge is 0.223 e. The second-order valence-electron chi connectivity index (χ2n) is 4.67. The number of hydrogen-bond donors (Lipinski definition) is 1. The van der Waals surface area contributed by atoms with E-state index in [4.69, 9.17) is 9.47 Å². The van der Waals surface area contributed by atoms with Crippen molar-refractivity contribution in [1.29, 1.82) is 0 Å². The zero-order valence-electron chi connectivity index (χ0n) is 10.8. The number of nitrogens with one attached hydrogen (secondary N) is 1. The average Bonchev–Trinajstić information content (AvgIpc) is 3.21. The van der Waals surface area contributed by atoms with Crippen LogP contribution in [0.4, 0.5) is 0 Å². The van der Waals surface area contributed by atoms with Gasteiger partial charge in [-0.1, -0.05) is 0 Å². The van der Waals surface area contributed by atoms with E-state index < -0.39 is 0 Å². The van der Waals surface area contributed by atoms with Crippen molar-refractivity contribution in [3.63, 3.8) is 0 Å². The highest BCUT2D eigenvalue weighted by Gasteiger charge is 2.30. The summed E-state index contributed by atoms with van der Waals surface area (Å²) in [5.74, 6) is 1.98. The van der Waals surface area contributed by atoms with Gasteiger partial charge in [-0.3, -0.25) is 4.79 Å². The summed E-state index contributed by atoms with van der Waals surface area (Å²) < 4.78 is 10.7. The molecule has 1 aromatic rings. The Morgan fingerprint density at radius 1 is 1.33 bits per heavy atom. The lowest BCUT2D eigenvalue weighted by atomic mass is 10.3. The Hall–Kier alpha value is -1.71. The van der Waals surface area contributed by atoms with Gasteiger partial charge in [-0.25, -0.2) is 0 Å². The quantitative estimate of drug-likeness (QED) is 0.838. The zero-order valence-corrected chi connectivity index (χ0v) is 10.8.